The van der Waals surface area contributed by atoms with Crippen molar-refractivity contribution in [2.75, 3.05) is 0 Å². The first-order valence-electron chi connectivity index (χ1n) is 16.1. The molecule has 3 aromatic heterocycles. The molecule has 9 rings (SSSR count). The summed E-state index contributed by atoms with van der Waals surface area (Å²) in [6.45, 7) is 0. The number of hydrogen-bond donors (Lipinski definition) is 0. The van der Waals surface area contributed by atoms with E-state index in [9.17, 15) is 0 Å². The second kappa shape index (κ2) is 11.1. The molecule has 0 atom stereocenters. The molecule has 0 spiro atoms. The third-order valence-corrected chi connectivity index (χ3v) is 14.3. The predicted octanol–water partition coefficient (Wildman–Crippen LogP) is 7.50. The van der Waals surface area contributed by atoms with Crippen LogP contribution in [-0.2, 0) is 0 Å². The van der Waals surface area contributed by atoms with Crippen molar-refractivity contribution in [3.05, 3.63) is 188 Å². The number of hydrogen-bond acceptors (Lipinski definition) is 1. The first kappa shape index (κ1) is 27.3. The molecule has 0 bridgehead atoms. The Morgan fingerprint density at radius 3 is 1.45 bits per heavy atom. The van der Waals surface area contributed by atoms with Gasteiger partial charge in [-0.05, 0) is 63.2 Å². The minimum atomic E-state index is -2.64. The van der Waals surface area contributed by atoms with Crippen molar-refractivity contribution in [2.24, 2.45) is 0 Å². The summed E-state index contributed by atoms with van der Waals surface area (Å²) in [5.41, 5.74) is 5.48. The molecule has 3 heterocycles. The minimum Gasteiger partial charge on any atom is -0.295 e. The fraction of sp³-hybridized carbons (Fsp3) is 0. The number of nitrogens with zero attached hydrogens (tertiary/aromatic N) is 3. The summed E-state index contributed by atoms with van der Waals surface area (Å²) >= 11 is 0. The van der Waals surface area contributed by atoms with Crippen molar-refractivity contribution < 1.29 is 0 Å². The van der Waals surface area contributed by atoms with Crippen LogP contribution in [0.3, 0.4) is 0 Å². The van der Waals surface area contributed by atoms with Crippen molar-refractivity contribution in [3.63, 3.8) is 0 Å². The summed E-state index contributed by atoms with van der Waals surface area (Å²) < 4.78 is 4.73. The van der Waals surface area contributed by atoms with Gasteiger partial charge in [-0.15, -0.1) is 0 Å². The number of benzene rings is 6. The second-order valence-corrected chi connectivity index (χ2v) is 15.8. The Bertz CT molecular complexity index is 2390. The van der Waals surface area contributed by atoms with Gasteiger partial charge >= 0.3 is 0 Å². The molecule has 0 aliphatic heterocycles. The zero-order valence-corrected chi connectivity index (χ0v) is 26.7. The Morgan fingerprint density at radius 2 is 0.851 bits per heavy atom. The van der Waals surface area contributed by atoms with Gasteiger partial charge in [0.15, 0.2) is 8.07 Å². The van der Waals surface area contributed by atoms with Crippen LogP contribution in [0, 0.1) is 0 Å². The van der Waals surface area contributed by atoms with Crippen LogP contribution < -0.4 is 20.7 Å². The van der Waals surface area contributed by atoms with Gasteiger partial charge in [-0.2, -0.15) is 0 Å². The maximum absolute atomic E-state index is 4.98. The average Bonchev–Trinajstić information content (AvgIpc) is 3.67. The molecule has 3 nitrogen and oxygen atoms in total. The summed E-state index contributed by atoms with van der Waals surface area (Å²) in [6.07, 6.45) is 1.90. The molecule has 4 heteroatoms. The van der Waals surface area contributed by atoms with Crippen LogP contribution in [-0.4, -0.2) is 22.2 Å². The van der Waals surface area contributed by atoms with Crippen LogP contribution in [0.2, 0.25) is 0 Å². The fourth-order valence-electron chi connectivity index (χ4n) is 7.58. The number of rotatable bonds is 6. The van der Waals surface area contributed by atoms with Crippen LogP contribution in [0.4, 0.5) is 0 Å². The zero-order chi connectivity index (χ0) is 31.2. The Hall–Kier alpha value is -5.97. The Kier molecular flexibility index (Phi) is 6.47. The van der Waals surface area contributed by atoms with Crippen molar-refractivity contribution in [3.8, 4) is 11.4 Å². The number of pyridine rings is 1. The normalized spacial score (nSPS) is 11.8. The topological polar surface area (TPSA) is 22.8 Å². The van der Waals surface area contributed by atoms with Gasteiger partial charge in [-0.1, -0.05) is 140 Å². The van der Waals surface area contributed by atoms with Crippen molar-refractivity contribution in [1.82, 2.24) is 14.1 Å². The van der Waals surface area contributed by atoms with Gasteiger partial charge in [0, 0.05) is 33.7 Å². The summed E-state index contributed by atoms with van der Waals surface area (Å²) in [5, 5.41) is 9.04. The lowest BCUT2D eigenvalue weighted by molar-refractivity contribution is 1.05. The smallest absolute Gasteiger partial charge is 0.179 e. The van der Waals surface area contributed by atoms with Crippen LogP contribution in [0.25, 0.3) is 44.3 Å². The quantitative estimate of drug-likeness (QED) is 0.140. The van der Waals surface area contributed by atoms with Crippen molar-refractivity contribution in [2.45, 2.75) is 0 Å². The molecule has 0 N–H and O–H groups in total. The van der Waals surface area contributed by atoms with E-state index < -0.39 is 8.07 Å². The largest absolute Gasteiger partial charge is 0.295 e. The molecule has 0 aliphatic rings. The number of aromatic nitrogens is 3. The average molecular weight is 618 g/mol. The van der Waals surface area contributed by atoms with Crippen LogP contribution in [0.5, 0.6) is 0 Å². The van der Waals surface area contributed by atoms with Crippen molar-refractivity contribution >= 4 is 61.8 Å². The molecule has 6 aromatic carbocycles. The van der Waals surface area contributed by atoms with E-state index in [-0.39, 0.29) is 0 Å². The highest BCUT2D eigenvalue weighted by atomic mass is 28.3. The molecular formula is C43H31N3Si. The van der Waals surface area contributed by atoms with Gasteiger partial charge in [0.1, 0.15) is 11.3 Å². The highest BCUT2D eigenvalue weighted by molar-refractivity contribution is 7.19. The highest BCUT2D eigenvalue weighted by Crippen LogP contribution is 2.39. The van der Waals surface area contributed by atoms with E-state index in [1.54, 1.807) is 0 Å². The first-order chi connectivity index (χ1) is 23.4. The molecule has 0 fully saturated rings. The summed E-state index contributed by atoms with van der Waals surface area (Å²) in [5.74, 6) is 0. The zero-order valence-electron chi connectivity index (χ0n) is 25.7. The SMILES string of the molecule is c1ccc(-n2c3ccccc3c3c4cccnc4n(-c4ccc([Si](c5ccccc5)(c5ccccc5)c5ccccc5)cc4)c32)cc1. The molecule has 0 aliphatic carbocycles. The molecule has 0 amide bonds. The Morgan fingerprint density at radius 1 is 0.383 bits per heavy atom. The predicted molar refractivity (Wildman–Crippen MR) is 199 cm³/mol. The lowest BCUT2D eigenvalue weighted by Gasteiger charge is -2.34. The van der Waals surface area contributed by atoms with E-state index >= 15 is 0 Å². The van der Waals surface area contributed by atoms with E-state index in [0.717, 1.165) is 28.1 Å². The molecule has 47 heavy (non-hydrogen) atoms. The van der Waals surface area contributed by atoms with Crippen LogP contribution >= 0.6 is 0 Å². The van der Waals surface area contributed by atoms with Gasteiger partial charge in [0.2, 0.25) is 0 Å². The molecule has 0 radical (unpaired) electrons. The maximum atomic E-state index is 4.98. The molecule has 0 saturated heterocycles. The fourth-order valence-corrected chi connectivity index (χ4v) is 12.3. The van der Waals surface area contributed by atoms with Gasteiger partial charge < -0.3 is 0 Å². The molecular weight excluding hydrogens is 587 g/mol. The summed E-state index contributed by atoms with van der Waals surface area (Å²) in [6, 6.07) is 66.2. The van der Waals surface area contributed by atoms with E-state index in [4.69, 9.17) is 4.98 Å². The molecule has 0 unspecified atom stereocenters. The van der Waals surface area contributed by atoms with E-state index in [2.05, 4.69) is 185 Å². The van der Waals surface area contributed by atoms with Gasteiger partial charge in [-0.3, -0.25) is 9.13 Å². The number of fused-ring (bicyclic) bond motifs is 5. The van der Waals surface area contributed by atoms with Crippen LogP contribution in [0.1, 0.15) is 0 Å². The lowest BCUT2D eigenvalue weighted by atomic mass is 10.1. The van der Waals surface area contributed by atoms with Gasteiger partial charge in [-0.25, -0.2) is 4.98 Å². The molecule has 0 saturated carbocycles. The molecule has 9 aromatic rings. The van der Waals surface area contributed by atoms with E-state index in [1.807, 2.05) is 12.3 Å². The lowest BCUT2D eigenvalue weighted by Crippen LogP contribution is -2.74. The van der Waals surface area contributed by atoms with Crippen LogP contribution in [0.15, 0.2) is 188 Å². The van der Waals surface area contributed by atoms with Gasteiger partial charge in [0.25, 0.3) is 0 Å². The Labute approximate surface area is 274 Å². The third-order valence-electron chi connectivity index (χ3n) is 9.52. The highest BCUT2D eigenvalue weighted by Gasteiger charge is 2.41. The Balaban J connectivity index is 1.34. The minimum absolute atomic E-state index is 0.957. The second-order valence-electron chi connectivity index (χ2n) is 12.0. The summed E-state index contributed by atoms with van der Waals surface area (Å²) in [7, 11) is -2.64. The maximum Gasteiger partial charge on any atom is 0.179 e. The summed E-state index contributed by atoms with van der Waals surface area (Å²) in [4.78, 5) is 4.98. The van der Waals surface area contributed by atoms with E-state index in [1.165, 1.54) is 37.0 Å². The molecule has 222 valence electrons. The van der Waals surface area contributed by atoms with Gasteiger partial charge in [0.05, 0.1) is 5.52 Å². The third kappa shape index (κ3) is 4.16. The number of para-hydroxylation sites is 2. The first-order valence-corrected chi connectivity index (χ1v) is 18.1. The monoisotopic (exact) mass is 617 g/mol. The van der Waals surface area contributed by atoms with Crippen molar-refractivity contribution in [1.29, 1.82) is 0 Å². The standard InChI is InChI=1S/C43H31N3Si/c1-5-16-32(17-6-1)45-40-26-14-13-24-38(40)41-39-25-15-31-44-42(39)46(43(41)45)33-27-29-37(30-28-33)47(34-18-7-2-8-19-34,35-20-9-3-10-21-35)36-22-11-4-12-23-36/h1-31H. The van der Waals surface area contributed by atoms with E-state index in [0.29, 0.717) is 0 Å².